The number of allylic oxidation sites excluding steroid dienone is 1. The van der Waals surface area contributed by atoms with E-state index in [9.17, 15) is 0 Å². The summed E-state index contributed by atoms with van der Waals surface area (Å²) in [5, 5.41) is 0. The number of hydrogen-bond acceptors (Lipinski definition) is 0. The Balaban J connectivity index is 3.55. The first-order valence-corrected chi connectivity index (χ1v) is 4.51. The van der Waals surface area contributed by atoms with Gasteiger partial charge in [0.1, 0.15) is 2.14 Å². The van der Waals surface area contributed by atoms with Gasteiger partial charge in [0.15, 0.2) is 0 Å². The van der Waals surface area contributed by atoms with Crippen molar-refractivity contribution in [2.45, 2.75) is 15.5 Å². The molecular weight excluding hydrogens is 300 g/mol. The lowest BCUT2D eigenvalue weighted by atomic mass is 10.3. The fraction of sp³-hybridized carbons (Fsp3) is 0.600. The molecule has 0 aliphatic rings. The summed E-state index contributed by atoms with van der Waals surface area (Å²) >= 11 is 10.1. The van der Waals surface area contributed by atoms with Crippen LogP contribution in [0.3, 0.4) is 0 Å². The van der Waals surface area contributed by atoms with E-state index in [1.807, 2.05) is 6.92 Å². The van der Waals surface area contributed by atoms with Gasteiger partial charge in [0.05, 0.1) is 0 Å². The molecule has 0 nitrogen and oxygen atoms in total. The van der Waals surface area contributed by atoms with Gasteiger partial charge in [0.2, 0.25) is 0 Å². The molecule has 0 aliphatic heterocycles. The summed E-state index contributed by atoms with van der Waals surface area (Å²) in [5.41, 5.74) is 1.13. The summed E-state index contributed by atoms with van der Waals surface area (Å²) in [6, 6.07) is 0. The van der Waals surface area contributed by atoms with Gasteiger partial charge in [-0.3, -0.25) is 0 Å². The monoisotopic (exact) mass is 304 g/mol. The maximum absolute atomic E-state index is 3.75. The molecule has 8 heavy (non-hydrogen) atoms. The van der Waals surface area contributed by atoms with Crippen molar-refractivity contribution in [2.24, 2.45) is 0 Å². The molecule has 0 rings (SSSR count). The van der Waals surface area contributed by atoms with Gasteiger partial charge in [0.25, 0.3) is 0 Å². The third-order valence-electron chi connectivity index (χ3n) is 0.502. The van der Waals surface area contributed by atoms with E-state index in [-0.39, 0.29) is 2.14 Å². The molecule has 48 valence electrons. The first-order chi connectivity index (χ1) is 3.42. The summed E-state index contributed by atoms with van der Waals surface area (Å²) in [6.45, 7) is 5.74. The third-order valence-corrected chi connectivity index (χ3v) is 1.34. The van der Waals surface area contributed by atoms with Crippen LogP contribution in [0.1, 0.15) is 13.3 Å². The highest BCUT2D eigenvalue weighted by Gasteiger charge is 2.16. The fourth-order valence-electron chi connectivity index (χ4n) is 0.342. The molecule has 0 aromatic heterocycles. The standard InChI is InChI=1S/C5H7Br3/c1-4(2)3-5(6,7)8/h1,3H2,2H3. The van der Waals surface area contributed by atoms with Gasteiger partial charge in [-0.1, -0.05) is 53.4 Å². The highest BCUT2D eigenvalue weighted by atomic mass is 80.0. The lowest BCUT2D eigenvalue weighted by Gasteiger charge is -2.09. The average Bonchev–Trinajstić information content (AvgIpc) is 1.21. The molecule has 0 amide bonds. The average molecular weight is 307 g/mol. The molecule has 0 bridgehead atoms. The predicted molar refractivity (Wildman–Crippen MR) is 48.9 cm³/mol. The molecule has 3 heteroatoms. The van der Waals surface area contributed by atoms with E-state index in [1.165, 1.54) is 0 Å². The Labute approximate surface area is 75.1 Å². The maximum Gasteiger partial charge on any atom is 0.138 e. The van der Waals surface area contributed by atoms with Crippen LogP contribution in [-0.4, -0.2) is 2.14 Å². The van der Waals surface area contributed by atoms with Crippen LogP contribution in [-0.2, 0) is 0 Å². The van der Waals surface area contributed by atoms with Crippen LogP contribution in [0.4, 0.5) is 0 Å². The number of hydrogen-bond donors (Lipinski definition) is 0. The highest BCUT2D eigenvalue weighted by molar-refractivity contribution is 9.39. The molecule has 0 radical (unpaired) electrons. The van der Waals surface area contributed by atoms with Gasteiger partial charge in [-0.15, -0.1) is 6.58 Å². The largest absolute Gasteiger partial charge is 0.138 e. The Morgan fingerprint density at radius 3 is 1.88 bits per heavy atom. The SMILES string of the molecule is C=C(C)CC(Br)(Br)Br. The van der Waals surface area contributed by atoms with Crippen LogP contribution in [0.15, 0.2) is 12.2 Å². The molecule has 0 saturated carbocycles. The smallest absolute Gasteiger partial charge is 0.100 e. The van der Waals surface area contributed by atoms with Crippen molar-refractivity contribution in [1.29, 1.82) is 0 Å². The second-order valence-corrected chi connectivity index (χ2v) is 9.00. The predicted octanol–water partition coefficient (Wildman–Crippen LogP) is 3.79. The molecule has 0 unspecified atom stereocenters. The number of rotatable bonds is 1. The van der Waals surface area contributed by atoms with Crippen molar-refractivity contribution in [3.05, 3.63) is 12.2 Å². The zero-order valence-electron chi connectivity index (χ0n) is 4.55. The van der Waals surface area contributed by atoms with Gasteiger partial charge in [-0.2, -0.15) is 0 Å². The van der Waals surface area contributed by atoms with Crippen LogP contribution in [0.2, 0.25) is 0 Å². The Morgan fingerprint density at radius 2 is 1.88 bits per heavy atom. The van der Waals surface area contributed by atoms with Crippen molar-refractivity contribution in [2.75, 3.05) is 0 Å². The lowest BCUT2D eigenvalue weighted by molar-refractivity contribution is 1.07. The Bertz CT molecular complexity index is 90.3. The van der Waals surface area contributed by atoms with E-state index < -0.39 is 0 Å². The number of halogens is 3. The second kappa shape index (κ2) is 3.37. The molecule has 0 saturated heterocycles. The van der Waals surface area contributed by atoms with Crippen molar-refractivity contribution in [3.63, 3.8) is 0 Å². The van der Waals surface area contributed by atoms with E-state index in [2.05, 4.69) is 54.4 Å². The molecule has 0 aromatic carbocycles. The van der Waals surface area contributed by atoms with E-state index >= 15 is 0 Å². The van der Waals surface area contributed by atoms with Crippen LogP contribution >= 0.6 is 47.8 Å². The van der Waals surface area contributed by atoms with E-state index in [4.69, 9.17) is 0 Å². The van der Waals surface area contributed by atoms with Crippen LogP contribution in [0.5, 0.6) is 0 Å². The fourth-order valence-corrected chi connectivity index (χ4v) is 1.78. The normalized spacial score (nSPS) is 11.5. The van der Waals surface area contributed by atoms with Gasteiger partial charge in [0, 0.05) is 6.42 Å². The lowest BCUT2D eigenvalue weighted by Crippen LogP contribution is -1.97. The zero-order chi connectivity index (χ0) is 6.78. The molecule has 0 atom stereocenters. The number of alkyl halides is 3. The molecule has 0 aromatic rings. The minimum atomic E-state index is -0.140. The van der Waals surface area contributed by atoms with Crippen molar-refractivity contribution < 1.29 is 0 Å². The first kappa shape index (κ1) is 9.18. The summed E-state index contributed by atoms with van der Waals surface area (Å²) in [7, 11) is 0. The van der Waals surface area contributed by atoms with Gasteiger partial charge in [-0.05, 0) is 6.92 Å². The summed E-state index contributed by atoms with van der Waals surface area (Å²) < 4.78 is -0.140. The topological polar surface area (TPSA) is 0 Å². The Morgan fingerprint density at radius 1 is 1.50 bits per heavy atom. The zero-order valence-corrected chi connectivity index (χ0v) is 9.31. The molecule has 0 N–H and O–H groups in total. The van der Waals surface area contributed by atoms with Gasteiger partial charge >= 0.3 is 0 Å². The van der Waals surface area contributed by atoms with Crippen molar-refractivity contribution in [1.82, 2.24) is 0 Å². The van der Waals surface area contributed by atoms with Crippen LogP contribution in [0, 0.1) is 0 Å². The third kappa shape index (κ3) is 7.18. The van der Waals surface area contributed by atoms with E-state index in [1.54, 1.807) is 0 Å². The van der Waals surface area contributed by atoms with E-state index in [0.717, 1.165) is 12.0 Å². The maximum atomic E-state index is 3.75. The Kier molecular flexibility index (Phi) is 3.87. The van der Waals surface area contributed by atoms with Gasteiger partial charge < -0.3 is 0 Å². The minimum absolute atomic E-state index is 0.140. The molecular formula is C5H7Br3. The Hall–Kier alpha value is 1.18. The van der Waals surface area contributed by atoms with Gasteiger partial charge in [-0.25, -0.2) is 0 Å². The second-order valence-electron chi connectivity index (χ2n) is 1.75. The molecule has 0 fully saturated rings. The highest BCUT2D eigenvalue weighted by Crippen LogP contribution is 2.38. The minimum Gasteiger partial charge on any atom is -0.100 e. The summed E-state index contributed by atoms with van der Waals surface area (Å²) in [5.74, 6) is 0. The molecule has 0 spiro atoms. The molecule has 0 heterocycles. The summed E-state index contributed by atoms with van der Waals surface area (Å²) in [6.07, 6.45) is 0.882. The summed E-state index contributed by atoms with van der Waals surface area (Å²) in [4.78, 5) is 0. The van der Waals surface area contributed by atoms with E-state index in [0.29, 0.717) is 0 Å². The van der Waals surface area contributed by atoms with Crippen LogP contribution in [0.25, 0.3) is 0 Å². The quantitative estimate of drug-likeness (QED) is 0.511. The van der Waals surface area contributed by atoms with Crippen molar-refractivity contribution >= 4 is 47.8 Å². The molecule has 0 aliphatic carbocycles. The van der Waals surface area contributed by atoms with Crippen molar-refractivity contribution in [3.8, 4) is 0 Å². The first-order valence-electron chi connectivity index (χ1n) is 2.13. The van der Waals surface area contributed by atoms with Crippen LogP contribution < -0.4 is 0 Å².